The van der Waals surface area contributed by atoms with E-state index in [1.54, 1.807) is 12.1 Å². The number of hydrogen-bond acceptors (Lipinski definition) is 4. The minimum atomic E-state index is -0.935. The summed E-state index contributed by atoms with van der Waals surface area (Å²) >= 11 is 4.89. The van der Waals surface area contributed by atoms with Crippen LogP contribution in [0.4, 0.5) is 0 Å². The summed E-state index contributed by atoms with van der Waals surface area (Å²) in [6.07, 6.45) is 1.67. The van der Waals surface area contributed by atoms with Crippen LogP contribution >= 0.6 is 27.3 Å². The van der Waals surface area contributed by atoms with E-state index in [0.717, 1.165) is 27.2 Å². The molecule has 4 nitrogen and oxygen atoms in total. The number of nitrogens with zero attached hydrogens (tertiary/aromatic N) is 1. The van der Waals surface area contributed by atoms with Gasteiger partial charge in [0, 0.05) is 11.4 Å². The first-order valence-corrected chi connectivity index (χ1v) is 8.70. The Balaban J connectivity index is 2.19. The van der Waals surface area contributed by atoms with Crippen LogP contribution in [0.3, 0.4) is 0 Å². The Morgan fingerprint density at radius 1 is 1.39 bits per heavy atom. The molecule has 23 heavy (non-hydrogen) atoms. The Morgan fingerprint density at radius 3 is 2.74 bits per heavy atom. The van der Waals surface area contributed by atoms with Crippen molar-refractivity contribution in [2.75, 3.05) is 27.2 Å². The maximum absolute atomic E-state index is 11.5. The van der Waals surface area contributed by atoms with Crippen LogP contribution in [0, 0.1) is 0 Å². The van der Waals surface area contributed by atoms with E-state index >= 15 is 0 Å². The Bertz CT molecular complexity index is 696. The summed E-state index contributed by atoms with van der Waals surface area (Å²) in [5.41, 5.74) is 1.09. The summed E-state index contributed by atoms with van der Waals surface area (Å²) in [6.45, 7) is 1.42. The molecule has 0 aliphatic carbocycles. The molecule has 0 atom stereocenters. The monoisotopic (exact) mass is 395 g/mol. The predicted octanol–water partition coefficient (Wildman–Crippen LogP) is 4.08. The van der Waals surface area contributed by atoms with Crippen molar-refractivity contribution in [3.63, 3.8) is 0 Å². The molecule has 0 aliphatic heterocycles. The van der Waals surface area contributed by atoms with Gasteiger partial charge in [0.05, 0.1) is 10.0 Å². The van der Waals surface area contributed by atoms with Crippen LogP contribution in [0.15, 0.2) is 40.2 Å². The minimum absolute atomic E-state index is 0.285. The van der Waals surface area contributed by atoms with Gasteiger partial charge in [0.15, 0.2) is 0 Å². The predicted molar refractivity (Wildman–Crippen MR) is 98.0 cm³/mol. The molecule has 2 aromatic rings. The minimum Gasteiger partial charge on any atom is -0.491 e. The van der Waals surface area contributed by atoms with E-state index in [1.165, 1.54) is 11.3 Å². The number of likely N-dealkylation sites (N-methyl/N-ethyl adjacent to an activating group) is 1. The second-order valence-electron chi connectivity index (χ2n) is 5.18. The van der Waals surface area contributed by atoms with E-state index in [9.17, 15) is 9.90 Å². The highest BCUT2D eigenvalue weighted by Crippen LogP contribution is 2.29. The first-order chi connectivity index (χ1) is 11.0. The molecule has 0 saturated heterocycles. The lowest BCUT2D eigenvalue weighted by Crippen LogP contribution is -2.19. The maximum atomic E-state index is 11.5. The fourth-order valence-electron chi connectivity index (χ4n) is 1.90. The van der Waals surface area contributed by atoms with Crippen molar-refractivity contribution in [3.8, 4) is 5.75 Å². The van der Waals surface area contributed by atoms with Gasteiger partial charge in [-0.15, -0.1) is 11.3 Å². The molecule has 0 spiro atoms. The highest BCUT2D eigenvalue weighted by molar-refractivity contribution is 9.10. The summed E-state index contributed by atoms with van der Waals surface area (Å²) in [7, 11) is 3.98. The van der Waals surface area contributed by atoms with Gasteiger partial charge in [0.2, 0.25) is 0 Å². The van der Waals surface area contributed by atoms with E-state index in [-0.39, 0.29) is 5.57 Å². The normalized spacial score (nSPS) is 11.7. The van der Waals surface area contributed by atoms with E-state index in [4.69, 9.17) is 4.74 Å². The zero-order chi connectivity index (χ0) is 16.8. The van der Waals surface area contributed by atoms with Crippen molar-refractivity contribution in [1.82, 2.24) is 4.90 Å². The first kappa shape index (κ1) is 17.7. The smallest absolute Gasteiger partial charge is 0.337 e. The van der Waals surface area contributed by atoms with Crippen LogP contribution in [0.1, 0.15) is 10.4 Å². The number of carboxylic acid groups (broad SMARTS) is 1. The SMILES string of the molecule is CN(C)CCOc1ccc(/C=C(\C(=O)O)c2cccs2)cc1Br. The van der Waals surface area contributed by atoms with E-state index < -0.39 is 5.97 Å². The average molecular weight is 396 g/mol. The Kier molecular flexibility index (Phi) is 6.38. The molecular weight excluding hydrogens is 378 g/mol. The van der Waals surface area contributed by atoms with E-state index in [2.05, 4.69) is 15.9 Å². The van der Waals surface area contributed by atoms with Crippen LogP contribution < -0.4 is 4.74 Å². The van der Waals surface area contributed by atoms with Gasteiger partial charge in [-0.3, -0.25) is 0 Å². The summed E-state index contributed by atoms with van der Waals surface area (Å²) in [6, 6.07) is 9.21. The van der Waals surface area contributed by atoms with Crippen LogP contribution in [0.2, 0.25) is 0 Å². The number of aliphatic carboxylic acids is 1. The molecule has 0 radical (unpaired) electrons. The molecule has 1 aromatic heterocycles. The molecule has 0 amide bonds. The van der Waals surface area contributed by atoms with Gasteiger partial charge in [-0.25, -0.2) is 4.79 Å². The molecule has 1 heterocycles. The fourth-order valence-corrected chi connectivity index (χ4v) is 3.14. The third-order valence-corrected chi connectivity index (χ3v) is 4.60. The molecule has 0 aliphatic rings. The van der Waals surface area contributed by atoms with Crippen molar-refractivity contribution in [2.45, 2.75) is 0 Å². The standard InChI is InChI=1S/C17H18BrNO3S/c1-19(2)7-8-22-15-6-5-12(11-14(15)18)10-13(17(20)21)16-4-3-9-23-16/h3-6,9-11H,7-8H2,1-2H3,(H,20,21)/b13-10-. The summed E-state index contributed by atoms with van der Waals surface area (Å²) in [5, 5.41) is 11.3. The number of carbonyl (C=O) groups is 1. The fraction of sp³-hybridized carbons (Fsp3) is 0.235. The van der Waals surface area contributed by atoms with Crippen molar-refractivity contribution >= 4 is 44.9 Å². The van der Waals surface area contributed by atoms with Crippen molar-refractivity contribution < 1.29 is 14.6 Å². The zero-order valence-electron chi connectivity index (χ0n) is 13.0. The highest BCUT2D eigenvalue weighted by Gasteiger charge is 2.12. The van der Waals surface area contributed by atoms with Crippen LogP contribution in [-0.2, 0) is 4.79 Å². The number of halogens is 1. The highest BCUT2D eigenvalue weighted by atomic mass is 79.9. The van der Waals surface area contributed by atoms with E-state index in [0.29, 0.717) is 6.61 Å². The second kappa shape index (κ2) is 8.29. The quantitative estimate of drug-likeness (QED) is 0.717. The molecule has 0 bridgehead atoms. The number of benzene rings is 1. The molecule has 0 saturated carbocycles. The zero-order valence-corrected chi connectivity index (χ0v) is 15.4. The third kappa shape index (κ3) is 5.20. The van der Waals surface area contributed by atoms with Gasteiger partial charge in [-0.05, 0) is 65.2 Å². The van der Waals surface area contributed by atoms with Gasteiger partial charge in [0.25, 0.3) is 0 Å². The summed E-state index contributed by atoms with van der Waals surface area (Å²) in [5.74, 6) is -0.188. The Labute approximate surface area is 148 Å². The average Bonchev–Trinajstić information content (AvgIpc) is 3.00. The molecular formula is C17H18BrNO3S. The maximum Gasteiger partial charge on any atom is 0.337 e. The number of ether oxygens (including phenoxy) is 1. The van der Waals surface area contributed by atoms with Crippen molar-refractivity contribution in [2.24, 2.45) is 0 Å². The van der Waals surface area contributed by atoms with Gasteiger partial charge in [-0.1, -0.05) is 12.1 Å². The van der Waals surface area contributed by atoms with E-state index in [1.807, 2.05) is 48.6 Å². The van der Waals surface area contributed by atoms with Gasteiger partial charge in [0.1, 0.15) is 12.4 Å². The lowest BCUT2D eigenvalue weighted by atomic mass is 10.1. The largest absolute Gasteiger partial charge is 0.491 e. The molecule has 122 valence electrons. The molecule has 1 N–H and O–H groups in total. The lowest BCUT2D eigenvalue weighted by Gasteiger charge is -2.12. The van der Waals surface area contributed by atoms with Gasteiger partial charge >= 0.3 is 5.97 Å². The number of rotatable bonds is 7. The molecule has 6 heteroatoms. The molecule has 2 rings (SSSR count). The number of hydrogen-bond donors (Lipinski definition) is 1. The second-order valence-corrected chi connectivity index (χ2v) is 6.98. The summed E-state index contributed by atoms with van der Waals surface area (Å²) in [4.78, 5) is 14.2. The topological polar surface area (TPSA) is 49.8 Å². The van der Waals surface area contributed by atoms with Gasteiger partial charge in [-0.2, -0.15) is 0 Å². The number of carboxylic acids is 1. The molecule has 1 aromatic carbocycles. The summed E-state index contributed by atoms with van der Waals surface area (Å²) < 4.78 is 6.51. The first-order valence-electron chi connectivity index (χ1n) is 7.03. The van der Waals surface area contributed by atoms with Crippen molar-refractivity contribution in [1.29, 1.82) is 0 Å². The number of thiophene rings is 1. The van der Waals surface area contributed by atoms with Crippen molar-refractivity contribution in [3.05, 3.63) is 50.6 Å². The Hall–Kier alpha value is -1.63. The lowest BCUT2D eigenvalue weighted by molar-refractivity contribution is -0.130. The van der Waals surface area contributed by atoms with Crippen LogP contribution in [0.25, 0.3) is 11.6 Å². The molecule has 0 unspecified atom stereocenters. The Morgan fingerprint density at radius 2 is 2.17 bits per heavy atom. The van der Waals surface area contributed by atoms with Gasteiger partial charge < -0.3 is 14.7 Å². The third-order valence-electron chi connectivity index (χ3n) is 3.08. The van der Waals surface area contributed by atoms with Crippen LogP contribution in [-0.4, -0.2) is 43.2 Å². The molecule has 0 fully saturated rings. The van der Waals surface area contributed by atoms with Crippen LogP contribution in [0.5, 0.6) is 5.75 Å².